The van der Waals surface area contributed by atoms with Crippen molar-refractivity contribution < 1.29 is 64.6 Å². The summed E-state index contributed by atoms with van der Waals surface area (Å²) < 4.78 is 22.5. The minimum absolute atomic E-state index is 0.0252. The predicted octanol–water partition coefficient (Wildman–Crippen LogP) is -1.80. The van der Waals surface area contributed by atoms with Crippen molar-refractivity contribution in [2.24, 2.45) is 0 Å². The lowest BCUT2D eigenvalue weighted by atomic mass is 9.89. The van der Waals surface area contributed by atoms with E-state index < -0.39 is 85.1 Å². The van der Waals surface area contributed by atoms with Crippen LogP contribution in [0.4, 0.5) is 0 Å². The van der Waals surface area contributed by atoms with E-state index in [9.17, 15) is 50.8 Å². The lowest BCUT2D eigenvalue weighted by Crippen LogP contribution is -2.56. The molecule has 2 aromatic carbocycles. The first kappa shape index (κ1) is 28.2. The molecule has 216 valence electrons. The second-order valence-electron chi connectivity index (χ2n) is 9.65. The number of rotatable bonds is 5. The Balaban J connectivity index is 1.68. The number of aliphatic hydroxyl groups excluding tert-OH is 7. The molecular weight excluding hydrogens is 536 g/mol. The van der Waals surface area contributed by atoms with E-state index in [0.717, 1.165) is 12.1 Å². The normalized spacial score (nSPS) is 32.7. The Kier molecular flexibility index (Phi) is 7.71. The second kappa shape index (κ2) is 10.9. The molecule has 2 aliphatic heterocycles. The fourth-order valence-electron chi connectivity index (χ4n) is 4.78. The summed E-state index contributed by atoms with van der Waals surface area (Å²) in [6.07, 6.45) is -15.0. The molecule has 9 atom stereocenters. The Morgan fingerprint density at radius 3 is 2.25 bits per heavy atom. The summed E-state index contributed by atoms with van der Waals surface area (Å²) in [5.41, 5.74) is -0.959. The second-order valence-corrected chi connectivity index (χ2v) is 9.65. The van der Waals surface area contributed by atoms with Crippen LogP contribution < -0.4 is 10.2 Å². The average molecular weight is 564 g/mol. The number of ether oxygens (including phenoxy) is 3. The van der Waals surface area contributed by atoms with Gasteiger partial charge in [-0.2, -0.15) is 0 Å². The third-order valence-electron chi connectivity index (χ3n) is 7.02. The molecule has 2 fully saturated rings. The number of benzene rings is 2. The van der Waals surface area contributed by atoms with Crippen LogP contribution >= 0.6 is 0 Å². The van der Waals surface area contributed by atoms with Crippen LogP contribution in [0, 0.1) is 0 Å². The molecule has 0 radical (unpaired) electrons. The highest BCUT2D eigenvalue weighted by Gasteiger charge is 2.47. The van der Waals surface area contributed by atoms with Gasteiger partial charge in [0.2, 0.25) is 6.29 Å². The van der Waals surface area contributed by atoms with Gasteiger partial charge in [0.1, 0.15) is 82.8 Å². The zero-order valence-electron chi connectivity index (χ0n) is 20.6. The van der Waals surface area contributed by atoms with E-state index in [1.807, 2.05) is 0 Å². The molecule has 5 rings (SSSR count). The molecule has 14 nitrogen and oxygen atoms in total. The fourth-order valence-corrected chi connectivity index (χ4v) is 4.78. The Labute approximate surface area is 225 Å². The van der Waals surface area contributed by atoms with Gasteiger partial charge < -0.3 is 64.6 Å². The molecule has 2 aliphatic rings. The number of phenolic OH excluding ortho intramolecular Hbond substituents is 2. The van der Waals surface area contributed by atoms with Crippen molar-refractivity contribution in [3.63, 3.8) is 0 Å². The van der Waals surface area contributed by atoms with E-state index in [1.165, 1.54) is 24.3 Å². The smallest absolute Gasteiger partial charge is 0.228 e. The lowest BCUT2D eigenvalue weighted by Gasteiger charge is -2.41. The first-order chi connectivity index (χ1) is 19.0. The number of phenols is 2. The highest BCUT2D eigenvalue weighted by Crippen LogP contribution is 2.46. The molecule has 0 saturated carbocycles. The van der Waals surface area contributed by atoms with Gasteiger partial charge in [-0.3, -0.25) is 4.79 Å². The maximum absolute atomic E-state index is 13.2. The van der Waals surface area contributed by atoms with E-state index in [0.29, 0.717) is 5.56 Å². The van der Waals surface area contributed by atoms with Crippen molar-refractivity contribution in [3.8, 4) is 28.6 Å². The molecule has 0 aliphatic carbocycles. The predicted molar refractivity (Wildman–Crippen MR) is 132 cm³/mol. The summed E-state index contributed by atoms with van der Waals surface area (Å²) in [5.74, 6) is -1.15. The monoisotopic (exact) mass is 564 g/mol. The Morgan fingerprint density at radius 1 is 0.875 bits per heavy atom. The maximum Gasteiger partial charge on any atom is 0.228 e. The van der Waals surface area contributed by atoms with E-state index in [4.69, 9.17) is 18.6 Å². The molecule has 0 spiro atoms. The molecule has 14 heteroatoms. The quantitative estimate of drug-likeness (QED) is 0.166. The molecule has 40 heavy (non-hydrogen) atoms. The SMILES string of the molecule is O=c1cc(-c2ccc(O)cc2)oc2cc(O[C@@H]3OC[C@@H](O)[C@H](O)[C@H]3O)c([C@@H]3O[C@H](CO)[C@@H](O)[C@H](O)[C@H]3O)c(O)c12. The van der Waals surface area contributed by atoms with Gasteiger partial charge in [-0.25, -0.2) is 0 Å². The van der Waals surface area contributed by atoms with Crippen molar-refractivity contribution in [1.29, 1.82) is 0 Å². The van der Waals surface area contributed by atoms with E-state index in [-0.39, 0.29) is 28.2 Å². The zero-order chi connectivity index (χ0) is 28.9. The van der Waals surface area contributed by atoms with Crippen molar-refractivity contribution in [3.05, 3.63) is 52.2 Å². The Bertz CT molecular complexity index is 1420. The Hall–Kier alpha value is -3.31. The van der Waals surface area contributed by atoms with Gasteiger partial charge in [-0.05, 0) is 24.3 Å². The summed E-state index contributed by atoms with van der Waals surface area (Å²) in [5, 5.41) is 91.8. The van der Waals surface area contributed by atoms with Crippen molar-refractivity contribution in [2.75, 3.05) is 13.2 Å². The van der Waals surface area contributed by atoms with E-state index >= 15 is 0 Å². The van der Waals surface area contributed by atoms with Gasteiger partial charge in [-0.1, -0.05) is 0 Å². The summed E-state index contributed by atoms with van der Waals surface area (Å²) in [7, 11) is 0. The van der Waals surface area contributed by atoms with Crippen LogP contribution in [0.5, 0.6) is 17.2 Å². The van der Waals surface area contributed by atoms with Gasteiger partial charge in [0, 0.05) is 17.7 Å². The summed E-state index contributed by atoms with van der Waals surface area (Å²) in [4.78, 5) is 13.2. The maximum atomic E-state index is 13.2. The summed E-state index contributed by atoms with van der Waals surface area (Å²) in [6.45, 7) is -1.21. The highest BCUT2D eigenvalue weighted by molar-refractivity contribution is 5.88. The van der Waals surface area contributed by atoms with Crippen LogP contribution in [-0.4, -0.2) is 108 Å². The molecule has 3 heterocycles. The third kappa shape index (κ3) is 4.89. The van der Waals surface area contributed by atoms with Crippen molar-refractivity contribution in [2.45, 2.75) is 55.1 Å². The van der Waals surface area contributed by atoms with Crippen molar-refractivity contribution in [1.82, 2.24) is 0 Å². The van der Waals surface area contributed by atoms with Crippen LogP contribution in [0.25, 0.3) is 22.3 Å². The minimum atomic E-state index is -1.89. The molecule has 2 saturated heterocycles. The number of hydrogen-bond donors (Lipinski definition) is 9. The van der Waals surface area contributed by atoms with Gasteiger partial charge in [0.15, 0.2) is 5.43 Å². The first-order valence-electron chi connectivity index (χ1n) is 12.3. The van der Waals surface area contributed by atoms with Crippen LogP contribution in [0.3, 0.4) is 0 Å². The van der Waals surface area contributed by atoms with Crippen LogP contribution in [0.15, 0.2) is 45.6 Å². The van der Waals surface area contributed by atoms with Gasteiger partial charge in [-0.15, -0.1) is 0 Å². The fraction of sp³-hybridized carbons (Fsp3) is 0.423. The van der Waals surface area contributed by atoms with Crippen LogP contribution in [0.2, 0.25) is 0 Å². The largest absolute Gasteiger partial charge is 0.508 e. The molecule has 3 aromatic rings. The molecule has 1 aromatic heterocycles. The molecule has 0 bridgehead atoms. The lowest BCUT2D eigenvalue weighted by molar-refractivity contribution is -0.245. The van der Waals surface area contributed by atoms with Crippen molar-refractivity contribution >= 4 is 11.0 Å². The average Bonchev–Trinajstić information content (AvgIpc) is 2.93. The van der Waals surface area contributed by atoms with Gasteiger partial charge in [0.25, 0.3) is 0 Å². The third-order valence-corrected chi connectivity index (χ3v) is 7.02. The number of hydrogen-bond acceptors (Lipinski definition) is 14. The van der Waals surface area contributed by atoms with E-state index in [2.05, 4.69) is 0 Å². The number of aliphatic hydroxyl groups is 7. The molecule has 0 unspecified atom stereocenters. The first-order valence-corrected chi connectivity index (χ1v) is 12.3. The highest BCUT2D eigenvalue weighted by atomic mass is 16.7. The Morgan fingerprint density at radius 2 is 1.57 bits per heavy atom. The summed E-state index contributed by atoms with van der Waals surface area (Å²) >= 11 is 0. The van der Waals surface area contributed by atoms with Crippen LogP contribution in [0.1, 0.15) is 11.7 Å². The number of fused-ring (bicyclic) bond motifs is 1. The zero-order valence-corrected chi connectivity index (χ0v) is 20.6. The van der Waals surface area contributed by atoms with Gasteiger partial charge in [0.05, 0.1) is 18.8 Å². The number of aromatic hydroxyl groups is 2. The molecule has 9 N–H and O–H groups in total. The summed E-state index contributed by atoms with van der Waals surface area (Å²) in [6, 6.07) is 7.92. The van der Waals surface area contributed by atoms with Crippen LogP contribution in [-0.2, 0) is 9.47 Å². The minimum Gasteiger partial charge on any atom is -0.508 e. The molecular formula is C26H28O14. The van der Waals surface area contributed by atoms with E-state index in [1.54, 1.807) is 0 Å². The topological polar surface area (TPSA) is 240 Å². The van der Waals surface area contributed by atoms with Gasteiger partial charge >= 0.3 is 0 Å². The standard InChI is InChI=1S/C26H28O14/c27-7-16-20(32)22(34)23(35)25(39-16)18-15(40-26-24(36)19(31)12(30)8-37-26)6-14-17(21(18)33)11(29)5-13(38-14)9-1-3-10(28)4-2-9/h1-6,12,16,19-20,22-28,30-36H,7-8H2/t12-,16-,19+,20-,22+,23-,24-,25+,26+/m1/s1. The molecule has 0 amide bonds.